The van der Waals surface area contributed by atoms with Gasteiger partial charge in [-0.25, -0.2) is 4.57 Å². The zero-order valence-electron chi connectivity index (χ0n) is 10.6. The highest BCUT2D eigenvalue weighted by Gasteiger charge is 2.20. The van der Waals surface area contributed by atoms with E-state index in [1.54, 1.807) is 12.1 Å². The number of rotatable bonds is 6. The molecular formula is C14H14BrO4P. The van der Waals surface area contributed by atoms with E-state index in [0.717, 1.165) is 15.6 Å². The van der Waals surface area contributed by atoms with Gasteiger partial charge in [-0.2, -0.15) is 0 Å². The molecule has 0 aromatic heterocycles. The van der Waals surface area contributed by atoms with Crippen molar-refractivity contribution in [3.8, 4) is 0 Å². The van der Waals surface area contributed by atoms with E-state index in [4.69, 9.17) is 9.05 Å². The van der Waals surface area contributed by atoms with Crippen LogP contribution in [0.1, 0.15) is 11.1 Å². The van der Waals surface area contributed by atoms with Crippen molar-refractivity contribution in [2.45, 2.75) is 13.2 Å². The minimum atomic E-state index is -4.05. The normalized spacial score (nSPS) is 13.9. The summed E-state index contributed by atoms with van der Waals surface area (Å²) < 4.78 is 22.6. The summed E-state index contributed by atoms with van der Waals surface area (Å²) in [5.74, 6) is 0. The van der Waals surface area contributed by atoms with E-state index in [1.807, 2.05) is 42.5 Å². The summed E-state index contributed by atoms with van der Waals surface area (Å²) >= 11 is 3.32. The van der Waals surface area contributed by atoms with Crippen molar-refractivity contribution in [1.82, 2.24) is 0 Å². The molecule has 1 atom stereocenters. The Balaban J connectivity index is 1.84. The third-order valence-electron chi connectivity index (χ3n) is 2.54. The van der Waals surface area contributed by atoms with Crippen molar-refractivity contribution in [1.29, 1.82) is 0 Å². The highest BCUT2D eigenvalue weighted by atomic mass is 79.9. The molecule has 0 saturated heterocycles. The summed E-state index contributed by atoms with van der Waals surface area (Å²) in [6, 6.07) is 16.5. The Kier molecular flexibility index (Phi) is 5.52. The van der Waals surface area contributed by atoms with Crippen molar-refractivity contribution in [3.63, 3.8) is 0 Å². The maximum absolute atomic E-state index is 11.7. The fraction of sp³-hybridized carbons (Fsp3) is 0.143. The Labute approximate surface area is 126 Å². The van der Waals surface area contributed by atoms with Gasteiger partial charge in [-0.05, 0) is 23.3 Å². The first-order valence-corrected chi connectivity index (χ1v) is 8.24. The minimum Gasteiger partial charge on any atom is -0.302 e. The first-order valence-electron chi connectivity index (χ1n) is 5.95. The smallest absolute Gasteiger partial charge is 0.302 e. The van der Waals surface area contributed by atoms with Crippen molar-refractivity contribution in [2.75, 3.05) is 0 Å². The molecule has 0 saturated carbocycles. The van der Waals surface area contributed by atoms with Gasteiger partial charge in [0.1, 0.15) is 0 Å². The average Bonchev–Trinajstić information content (AvgIpc) is 2.46. The molecule has 0 spiro atoms. The van der Waals surface area contributed by atoms with Crippen molar-refractivity contribution in [2.24, 2.45) is 0 Å². The van der Waals surface area contributed by atoms with Crippen LogP contribution in [0, 0.1) is 0 Å². The SMILES string of the molecule is O=P(O)(OCc1ccccc1)OCc1ccc(Br)cc1. The van der Waals surface area contributed by atoms with Crippen LogP contribution < -0.4 is 0 Å². The van der Waals surface area contributed by atoms with Crippen LogP contribution in [-0.2, 0) is 26.8 Å². The molecule has 0 aliphatic heterocycles. The molecule has 20 heavy (non-hydrogen) atoms. The molecule has 0 heterocycles. The Morgan fingerprint density at radius 3 is 1.95 bits per heavy atom. The third kappa shape index (κ3) is 5.19. The van der Waals surface area contributed by atoms with Crippen LogP contribution in [0.4, 0.5) is 0 Å². The zero-order valence-corrected chi connectivity index (χ0v) is 13.1. The standard InChI is InChI=1S/C14H14BrO4P/c15-14-8-6-13(7-9-14)11-19-20(16,17)18-10-12-4-2-1-3-5-12/h1-9H,10-11H2,(H,16,17). The summed E-state index contributed by atoms with van der Waals surface area (Å²) in [5, 5.41) is 0. The molecule has 2 aromatic rings. The molecule has 1 N–H and O–H groups in total. The fourth-order valence-corrected chi connectivity index (χ4v) is 2.47. The van der Waals surface area contributed by atoms with Gasteiger partial charge in [-0.3, -0.25) is 9.05 Å². The Bertz CT molecular complexity index is 586. The van der Waals surface area contributed by atoms with Gasteiger partial charge in [-0.1, -0.05) is 58.4 Å². The lowest BCUT2D eigenvalue weighted by molar-refractivity contribution is 0.137. The first-order chi connectivity index (χ1) is 9.55. The molecule has 0 radical (unpaired) electrons. The van der Waals surface area contributed by atoms with Gasteiger partial charge < -0.3 is 4.89 Å². The largest absolute Gasteiger partial charge is 0.472 e. The third-order valence-corrected chi connectivity index (χ3v) is 3.98. The summed E-state index contributed by atoms with van der Waals surface area (Å²) in [6.45, 7) is 0.0603. The van der Waals surface area contributed by atoms with Crippen LogP contribution in [0.2, 0.25) is 0 Å². The lowest BCUT2D eigenvalue weighted by Gasteiger charge is -2.12. The summed E-state index contributed by atoms with van der Waals surface area (Å²) in [7, 11) is -4.05. The van der Waals surface area contributed by atoms with Gasteiger partial charge >= 0.3 is 7.82 Å². The predicted octanol–water partition coefficient (Wildman–Crippen LogP) is 4.28. The molecule has 0 aliphatic carbocycles. The Hall–Kier alpha value is -0.970. The summed E-state index contributed by atoms with van der Waals surface area (Å²) in [4.78, 5) is 9.59. The molecule has 4 nitrogen and oxygen atoms in total. The van der Waals surface area contributed by atoms with Crippen molar-refractivity contribution < 1.29 is 18.5 Å². The van der Waals surface area contributed by atoms with Gasteiger partial charge in [0.05, 0.1) is 13.2 Å². The number of benzene rings is 2. The second-order valence-electron chi connectivity index (χ2n) is 4.13. The second kappa shape index (κ2) is 7.16. The number of hydrogen-bond donors (Lipinski definition) is 1. The highest BCUT2D eigenvalue weighted by molar-refractivity contribution is 9.10. The molecule has 2 aromatic carbocycles. The van der Waals surface area contributed by atoms with E-state index in [0.29, 0.717) is 0 Å². The van der Waals surface area contributed by atoms with Crippen LogP contribution in [-0.4, -0.2) is 4.89 Å². The van der Waals surface area contributed by atoms with Gasteiger partial charge in [0.15, 0.2) is 0 Å². The molecule has 6 heteroatoms. The van der Waals surface area contributed by atoms with E-state index in [2.05, 4.69) is 15.9 Å². The highest BCUT2D eigenvalue weighted by Crippen LogP contribution is 2.44. The van der Waals surface area contributed by atoms with E-state index >= 15 is 0 Å². The molecule has 0 amide bonds. The quantitative estimate of drug-likeness (QED) is 0.784. The summed E-state index contributed by atoms with van der Waals surface area (Å²) in [5.41, 5.74) is 1.61. The van der Waals surface area contributed by atoms with Crippen molar-refractivity contribution in [3.05, 3.63) is 70.2 Å². The molecular weight excluding hydrogens is 343 g/mol. The van der Waals surface area contributed by atoms with E-state index in [9.17, 15) is 9.46 Å². The lowest BCUT2D eigenvalue weighted by atomic mass is 10.2. The molecule has 0 fully saturated rings. The van der Waals surface area contributed by atoms with Crippen LogP contribution in [0.15, 0.2) is 59.1 Å². The maximum Gasteiger partial charge on any atom is 0.472 e. The topological polar surface area (TPSA) is 55.8 Å². The average molecular weight is 357 g/mol. The van der Waals surface area contributed by atoms with E-state index in [1.165, 1.54) is 0 Å². The van der Waals surface area contributed by atoms with Gasteiger partial charge in [0, 0.05) is 4.47 Å². The predicted molar refractivity (Wildman–Crippen MR) is 80.0 cm³/mol. The van der Waals surface area contributed by atoms with Gasteiger partial charge in [-0.15, -0.1) is 0 Å². The zero-order chi connectivity index (χ0) is 14.4. The number of phosphoric ester groups is 1. The molecule has 106 valence electrons. The summed E-state index contributed by atoms with van der Waals surface area (Å²) in [6.07, 6.45) is 0. The van der Waals surface area contributed by atoms with Crippen LogP contribution in [0.3, 0.4) is 0 Å². The maximum atomic E-state index is 11.7. The lowest BCUT2D eigenvalue weighted by Crippen LogP contribution is -1.96. The van der Waals surface area contributed by atoms with Gasteiger partial charge in [0.25, 0.3) is 0 Å². The Morgan fingerprint density at radius 2 is 1.40 bits per heavy atom. The van der Waals surface area contributed by atoms with E-state index < -0.39 is 7.82 Å². The molecule has 0 bridgehead atoms. The second-order valence-corrected chi connectivity index (χ2v) is 6.50. The number of halogens is 1. The van der Waals surface area contributed by atoms with Crippen molar-refractivity contribution >= 4 is 23.8 Å². The monoisotopic (exact) mass is 356 g/mol. The molecule has 0 aliphatic rings. The van der Waals surface area contributed by atoms with E-state index in [-0.39, 0.29) is 13.2 Å². The van der Waals surface area contributed by atoms with Crippen LogP contribution >= 0.6 is 23.8 Å². The number of phosphoric acid groups is 1. The molecule has 1 unspecified atom stereocenters. The minimum absolute atomic E-state index is 0.0237. The first kappa shape index (κ1) is 15.4. The van der Waals surface area contributed by atoms with Crippen LogP contribution in [0.5, 0.6) is 0 Å². The van der Waals surface area contributed by atoms with Crippen LogP contribution in [0.25, 0.3) is 0 Å². The van der Waals surface area contributed by atoms with Gasteiger partial charge in [0.2, 0.25) is 0 Å². The fourth-order valence-electron chi connectivity index (χ4n) is 1.50. The molecule has 2 rings (SSSR count). The Morgan fingerprint density at radius 1 is 0.900 bits per heavy atom. The number of hydrogen-bond acceptors (Lipinski definition) is 3.